The van der Waals surface area contributed by atoms with E-state index in [0.717, 1.165) is 12.8 Å². The Labute approximate surface area is 74.0 Å². The van der Waals surface area contributed by atoms with Gasteiger partial charge in [-0.2, -0.15) is 0 Å². The van der Waals surface area contributed by atoms with E-state index in [0.29, 0.717) is 12.2 Å². The minimum absolute atomic E-state index is 0.104. The van der Waals surface area contributed by atoms with E-state index in [-0.39, 0.29) is 11.4 Å². The number of esters is 1. The Balaban J connectivity index is 2.39. The minimum Gasteiger partial charge on any atom is -0.469 e. The smallest absolute Gasteiger partial charge is 0.306 e. The monoisotopic (exact) mass is 191 g/mol. The Morgan fingerprint density at radius 1 is 1.67 bits per heavy atom. The summed E-state index contributed by atoms with van der Waals surface area (Å²) >= 11 is 0. The maximum Gasteiger partial charge on any atom is 0.306 e. The van der Waals surface area contributed by atoms with Crippen LogP contribution in [-0.4, -0.2) is 23.0 Å². The van der Waals surface area contributed by atoms with Crippen LogP contribution in [0.1, 0.15) is 19.3 Å². The number of nitrogens with two attached hydrogens (primary N) is 1. The summed E-state index contributed by atoms with van der Waals surface area (Å²) in [5.41, 5.74) is -0.104. The van der Waals surface area contributed by atoms with Crippen LogP contribution in [0, 0.1) is 5.41 Å². The topological polar surface area (TPSA) is 69.4 Å². The van der Waals surface area contributed by atoms with Crippen LogP contribution in [0.5, 0.6) is 0 Å². The fourth-order valence-corrected chi connectivity index (χ4v) is 2.22. The first-order valence-corrected chi connectivity index (χ1v) is 5.16. The van der Waals surface area contributed by atoms with Crippen LogP contribution in [0.4, 0.5) is 0 Å². The van der Waals surface area contributed by atoms with Gasteiger partial charge < -0.3 is 4.74 Å². The fraction of sp³-hybridized carbons (Fsp3) is 0.857. The zero-order chi connectivity index (χ0) is 9.19. The van der Waals surface area contributed by atoms with Gasteiger partial charge in [0, 0.05) is 5.75 Å². The van der Waals surface area contributed by atoms with Crippen molar-refractivity contribution in [2.24, 2.45) is 10.6 Å². The molecule has 0 aromatic carbocycles. The molecule has 1 aliphatic rings. The molecular formula is C7H13NO3S. The highest BCUT2D eigenvalue weighted by atomic mass is 32.2. The second-order valence-electron chi connectivity index (χ2n) is 3.28. The standard InChI is InChI=1S/C7H13NO3S/c1-11-6(9)4-7(2-3-7)5-12(8)10/h2-5,8H2,1H3. The zero-order valence-corrected chi connectivity index (χ0v) is 7.86. The molecule has 4 nitrogen and oxygen atoms in total. The van der Waals surface area contributed by atoms with E-state index in [1.54, 1.807) is 0 Å². The predicted molar refractivity (Wildman–Crippen MR) is 45.5 cm³/mol. The Bertz CT molecular complexity index is 213. The van der Waals surface area contributed by atoms with Crippen molar-refractivity contribution in [1.29, 1.82) is 0 Å². The van der Waals surface area contributed by atoms with Crippen molar-refractivity contribution in [2.75, 3.05) is 12.9 Å². The minimum atomic E-state index is -1.30. The number of ether oxygens (including phenoxy) is 1. The molecule has 1 saturated carbocycles. The van der Waals surface area contributed by atoms with Crippen molar-refractivity contribution in [3.05, 3.63) is 0 Å². The highest BCUT2D eigenvalue weighted by molar-refractivity contribution is 7.82. The van der Waals surface area contributed by atoms with E-state index >= 15 is 0 Å². The van der Waals surface area contributed by atoms with E-state index in [1.807, 2.05) is 0 Å². The first kappa shape index (κ1) is 9.67. The number of carbonyl (C=O) groups is 1. The summed E-state index contributed by atoms with van der Waals surface area (Å²) in [6, 6.07) is 0. The molecule has 1 unspecified atom stereocenters. The number of carbonyl (C=O) groups excluding carboxylic acids is 1. The van der Waals surface area contributed by atoms with Gasteiger partial charge in [-0.05, 0) is 18.3 Å². The molecule has 1 rings (SSSR count). The van der Waals surface area contributed by atoms with Gasteiger partial charge in [0.15, 0.2) is 0 Å². The Morgan fingerprint density at radius 3 is 2.58 bits per heavy atom. The molecule has 0 saturated heterocycles. The molecular weight excluding hydrogens is 178 g/mol. The van der Waals surface area contributed by atoms with E-state index in [1.165, 1.54) is 7.11 Å². The molecule has 12 heavy (non-hydrogen) atoms. The summed E-state index contributed by atoms with van der Waals surface area (Å²) in [4.78, 5) is 10.9. The Hall–Kier alpha value is -0.420. The number of hydrogen-bond acceptors (Lipinski definition) is 3. The summed E-state index contributed by atoms with van der Waals surface area (Å²) in [5.74, 6) is 0.181. The molecule has 1 aliphatic carbocycles. The lowest BCUT2D eigenvalue weighted by Gasteiger charge is -2.10. The van der Waals surface area contributed by atoms with Gasteiger partial charge in [0.25, 0.3) is 0 Å². The largest absolute Gasteiger partial charge is 0.469 e. The SMILES string of the molecule is COC(=O)CC1(CS(N)=O)CC1. The summed E-state index contributed by atoms with van der Waals surface area (Å²) in [5, 5.41) is 5.16. The van der Waals surface area contributed by atoms with Crippen LogP contribution in [0.25, 0.3) is 0 Å². The van der Waals surface area contributed by atoms with Crippen molar-refractivity contribution < 1.29 is 13.7 Å². The van der Waals surface area contributed by atoms with Crippen molar-refractivity contribution in [2.45, 2.75) is 19.3 Å². The lowest BCUT2D eigenvalue weighted by atomic mass is 10.1. The van der Waals surface area contributed by atoms with Gasteiger partial charge >= 0.3 is 5.97 Å². The molecule has 1 fully saturated rings. The Morgan fingerprint density at radius 2 is 2.25 bits per heavy atom. The maximum absolute atomic E-state index is 10.9. The third kappa shape index (κ3) is 2.57. The van der Waals surface area contributed by atoms with E-state index < -0.39 is 11.0 Å². The maximum atomic E-state index is 10.9. The van der Waals surface area contributed by atoms with Gasteiger partial charge in [-0.15, -0.1) is 0 Å². The molecule has 0 radical (unpaired) electrons. The quantitative estimate of drug-likeness (QED) is 0.633. The van der Waals surface area contributed by atoms with E-state index in [2.05, 4.69) is 4.74 Å². The van der Waals surface area contributed by atoms with Crippen LogP contribution in [0.2, 0.25) is 0 Å². The van der Waals surface area contributed by atoms with Crippen molar-refractivity contribution >= 4 is 17.0 Å². The predicted octanol–water partition coefficient (Wildman–Crippen LogP) is -0.0479. The molecule has 0 aliphatic heterocycles. The van der Waals surface area contributed by atoms with Gasteiger partial charge in [0.1, 0.15) is 0 Å². The van der Waals surface area contributed by atoms with Gasteiger partial charge in [-0.25, -0.2) is 4.21 Å². The molecule has 0 amide bonds. The first-order chi connectivity index (χ1) is 5.58. The summed E-state index contributed by atoms with van der Waals surface area (Å²) in [6.45, 7) is 0. The van der Waals surface area contributed by atoms with E-state index in [4.69, 9.17) is 5.14 Å². The molecule has 0 spiro atoms. The lowest BCUT2D eigenvalue weighted by Crippen LogP contribution is -2.21. The Kier molecular flexibility index (Phi) is 2.85. The molecule has 0 heterocycles. The molecule has 1 atom stereocenters. The van der Waals surface area contributed by atoms with Crippen molar-refractivity contribution in [1.82, 2.24) is 0 Å². The van der Waals surface area contributed by atoms with Gasteiger partial charge in [0.2, 0.25) is 0 Å². The summed E-state index contributed by atoms with van der Waals surface area (Å²) < 4.78 is 15.2. The number of methoxy groups -OCH3 is 1. The highest BCUT2D eigenvalue weighted by Crippen LogP contribution is 2.49. The molecule has 2 N–H and O–H groups in total. The lowest BCUT2D eigenvalue weighted by molar-refractivity contribution is -0.141. The van der Waals surface area contributed by atoms with Crippen LogP contribution in [0.3, 0.4) is 0 Å². The van der Waals surface area contributed by atoms with Crippen LogP contribution in [0.15, 0.2) is 0 Å². The van der Waals surface area contributed by atoms with E-state index in [9.17, 15) is 9.00 Å². The van der Waals surface area contributed by atoms with Gasteiger partial charge in [0.05, 0.1) is 24.5 Å². The summed E-state index contributed by atoms with van der Waals surface area (Å²) in [7, 11) is 0.0603. The molecule has 0 aromatic rings. The van der Waals surface area contributed by atoms with Gasteiger partial charge in [-0.3, -0.25) is 9.93 Å². The van der Waals surface area contributed by atoms with Crippen molar-refractivity contribution in [3.8, 4) is 0 Å². The third-order valence-electron chi connectivity index (χ3n) is 2.15. The second-order valence-corrected chi connectivity index (χ2v) is 4.33. The third-order valence-corrected chi connectivity index (χ3v) is 3.05. The molecule has 70 valence electrons. The first-order valence-electron chi connectivity index (χ1n) is 3.78. The number of hydrogen-bond donors (Lipinski definition) is 1. The van der Waals surface area contributed by atoms with Crippen LogP contribution >= 0.6 is 0 Å². The molecule has 0 aromatic heterocycles. The van der Waals surface area contributed by atoms with Crippen LogP contribution in [-0.2, 0) is 20.5 Å². The zero-order valence-electron chi connectivity index (χ0n) is 7.04. The fourth-order valence-electron chi connectivity index (χ4n) is 1.23. The normalized spacial score (nSPS) is 21.5. The molecule has 0 bridgehead atoms. The number of rotatable bonds is 4. The summed E-state index contributed by atoms with van der Waals surface area (Å²) in [6.07, 6.45) is 2.22. The van der Waals surface area contributed by atoms with Crippen LogP contribution < -0.4 is 5.14 Å². The highest BCUT2D eigenvalue weighted by Gasteiger charge is 2.45. The van der Waals surface area contributed by atoms with Gasteiger partial charge in [-0.1, -0.05) is 0 Å². The van der Waals surface area contributed by atoms with Crippen molar-refractivity contribution in [3.63, 3.8) is 0 Å². The average molecular weight is 191 g/mol. The molecule has 5 heteroatoms. The average Bonchev–Trinajstić information content (AvgIpc) is 2.67. The second kappa shape index (κ2) is 3.53.